The van der Waals surface area contributed by atoms with Crippen LogP contribution in [0.5, 0.6) is 0 Å². The summed E-state index contributed by atoms with van der Waals surface area (Å²) in [5, 5.41) is 22.5. The van der Waals surface area contributed by atoms with Crippen molar-refractivity contribution in [2.45, 2.75) is 206 Å². The number of carbonyl (C=O) groups excluding carboxylic acids is 3. The number of ether oxygens (including phenoxy) is 1. The van der Waals surface area contributed by atoms with Gasteiger partial charge in [0.25, 0.3) is 0 Å². The first kappa shape index (κ1) is 55.3. The largest absolute Gasteiger partial charge is 0.480 e. The minimum absolute atomic E-state index is 0.0970. The lowest BCUT2D eigenvalue weighted by Gasteiger charge is -2.15. The van der Waals surface area contributed by atoms with Gasteiger partial charge in [-0.1, -0.05) is 164 Å². The van der Waals surface area contributed by atoms with Crippen molar-refractivity contribution in [3.8, 4) is 0 Å². The standard InChI is InChI=1S/C50H84N2O7/c1-3-5-7-9-11-13-14-15-16-17-18-19-20-21-22-23-24-26-28-34-38-42-49(56)59-45(39-35-31-27-25-12-10-8-6-4-2)40-36-32-29-30-33-37-41-47(54)51-43-48(55)52-46(44-53)50(57)58/h5,7,11,13,15-16,18-19,21-22,35,39,45-46,53H,3-4,6,8-10,12,14,17,20,23-34,36-38,40-44H2,1-2H3,(H,51,54)(H,52,55)(H,57,58)/b7-5-,13-11-,16-15-,19-18-,22-21-,39-35-. The Morgan fingerprint density at radius 2 is 1.02 bits per heavy atom. The van der Waals surface area contributed by atoms with E-state index in [1.807, 2.05) is 0 Å². The smallest absolute Gasteiger partial charge is 0.328 e. The molecule has 0 heterocycles. The van der Waals surface area contributed by atoms with Crippen LogP contribution in [0.1, 0.15) is 194 Å². The lowest BCUT2D eigenvalue weighted by atomic mass is 10.0. The quantitative estimate of drug-likeness (QED) is 0.0273. The molecule has 9 nitrogen and oxygen atoms in total. The summed E-state index contributed by atoms with van der Waals surface area (Å²) < 4.78 is 5.95. The minimum atomic E-state index is -1.38. The van der Waals surface area contributed by atoms with Crippen LogP contribution in [0.3, 0.4) is 0 Å². The molecule has 59 heavy (non-hydrogen) atoms. The van der Waals surface area contributed by atoms with Crippen molar-refractivity contribution in [1.29, 1.82) is 0 Å². The van der Waals surface area contributed by atoms with Crippen molar-refractivity contribution in [3.63, 3.8) is 0 Å². The first-order valence-electron chi connectivity index (χ1n) is 23.3. The zero-order chi connectivity index (χ0) is 43.3. The number of aliphatic carboxylic acids is 1. The number of rotatable bonds is 41. The van der Waals surface area contributed by atoms with Crippen molar-refractivity contribution in [2.75, 3.05) is 13.2 Å². The van der Waals surface area contributed by atoms with Gasteiger partial charge in [0.05, 0.1) is 13.2 Å². The SMILES string of the molecule is CC/C=C\C/C=C\C/C=C\C/C=C\C/C=C\CCCCCCCC(=O)OC(/C=C\CCCCCCCCC)CCCCCCCCC(=O)NCC(=O)NC(CO)C(=O)O. The van der Waals surface area contributed by atoms with Crippen LogP contribution < -0.4 is 10.6 Å². The van der Waals surface area contributed by atoms with Gasteiger partial charge in [0.2, 0.25) is 11.8 Å². The number of carbonyl (C=O) groups is 4. The zero-order valence-corrected chi connectivity index (χ0v) is 37.2. The van der Waals surface area contributed by atoms with Crippen molar-refractivity contribution in [1.82, 2.24) is 10.6 Å². The molecule has 0 aromatic heterocycles. The fraction of sp³-hybridized carbons (Fsp3) is 0.680. The Morgan fingerprint density at radius 3 is 1.56 bits per heavy atom. The lowest BCUT2D eigenvalue weighted by molar-refractivity contribution is -0.147. The van der Waals surface area contributed by atoms with E-state index in [4.69, 9.17) is 14.9 Å². The molecule has 0 radical (unpaired) electrons. The number of hydrogen-bond acceptors (Lipinski definition) is 6. The number of carboxylic acids is 1. The molecule has 0 rings (SSSR count). The molecule has 0 aromatic carbocycles. The number of hydrogen-bond donors (Lipinski definition) is 4. The molecule has 0 aliphatic heterocycles. The average Bonchev–Trinajstić information content (AvgIpc) is 3.22. The summed E-state index contributed by atoms with van der Waals surface area (Å²) in [6.45, 7) is 3.36. The van der Waals surface area contributed by atoms with E-state index >= 15 is 0 Å². The highest BCUT2D eigenvalue weighted by Crippen LogP contribution is 2.16. The average molecular weight is 825 g/mol. The third-order valence-electron chi connectivity index (χ3n) is 9.92. The molecule has 0 aliphatic carbocycles. The molecule has 2 unspecified atom stereocenters. The molecule has 4 N–H and O–H groups in total. The van der Waals surface area contributed by atoms with E-state index in [2.05, 4.69) is 97.4 Å². The number of carboxylic acid groups (broad SMARTS) is 1. The van der Waals surface area contributed by atoms with E-state index in [1.165, 1.54) is 57.8 Å². The Labute approximate surface area is 359 Å². The van der Waals surface area contributed by atoms with Gasteiger partial charge >= 0.3 is 11.9 Å². The Morgan fingerprint density at radius 1 is 0.542 bits per heavy atom. The third-order valence-corrected chi connectivity index (χ3v) is 9.92. The van der Waals surface area contributed by atoms with Gasteiger partial charge in [0, 0.05) is 12.8 Å². The predicted molar refractivity (Wildman–Crippen MR) is 245 cm³/mol. The first-order chi connectivity index (χ1) is 28.8. The van der Waals surface area contributed by atoms with E-state index in [-0.39, 0.29) is 24.5 Å². The second kappa shape index (κ2) is 43.8. The number of unbranched alkanes of at least 4 members (excludes halogenated alkanes) is 17. The van der Waals surface area contributed by atoms with Gasteiger partial charge < -0.3 is 25.6 Å². The highest BCUT2D eigenvalue weighted by atomic mass is 16.5. The van der Waals surface area contributed by atoms with Gasteiger partial charge in [0.15, 0.2) is 0 Å². The third kappa shape index (κ3) is 40.8. The van der Waals surface area contributed by atoms with Crippen molar-refractivity contribution >= 4 is 23.8 Å². The van der Waals surface area contributed by atoms with Gasteiger partial charge in [-0.15, -0.1) is 0 Å². The minimum Gasteiger partial charge on any atom is -0.480 e. The maximum Gasteiger partial charge on any atom is 0.328 e. The molecule has 9 heteroatoms. The van der Waals surface area contributed by atoms with Gasteiger partial charge in [0.1, 0.15) is 12.1 Å². The van der Waals surface area contributed by atoms with Crippen LogP contribution in [-0.4, -0.2) is 59.3 Å². The Hall–Kier alpha value is -3.72. The van der Waals surface area contributed by atoms with Crippen LogP contribution in [0.4, 0.5) is 0 Å². The second-order valence-corrected chi connectivity index (χ2v) is 15.5. The number of amides is 2. The van der Waals surface area contributed by atoms with E-state index in [1.54, 1.807) is 0 Å². The molecule has 0 aromatic rings. The number of aliphatic hydroxyl groups is 1. The van der Waals surface area contributed by atoms with E-state index in [9.17, 15) is 19.2 Å². The van der Waals surface area contributed by atoms with Gasteiger partial charge in [-0.05, 0) is 89.5 Å². The Balaban J connectivity index is 4.27. The summed E-state index contributed by atoms with van der Waals surface area (Å²) >= 11 is 0. The van der Waals surface area contributed by atoms with Crippen molar-refractivity contribution in [3.05, 3.63) is 72.9 Å². The Bertz CT molecular complexity index is 1220. The summed E-state index contributed by atoms with van der Waals surface area (Å²) in [5.41, 5.74) is 0. The van der Waals surface area contributed by atoms with Gasteiger partial charge in [-0.2, -0.15) is 0 Å². The van der Waals surface area contributed by atoms with Crippen LogP contribution in [-0.2, 0) is 23.9 Å². The number of aliphatic hydroxyl groups excluding tert-OH is 1. The van der Waals surface area contributed by atoms with Crippen LogP contribution in [0, 0.1) is 0 Å². The van der Waals surface area contributed by atoms with Crippen molar-refractivity contribution in [2.24, 2.45) is 0 Å². The highest BCUT2D eigenvalue weighted by molar-refractivity contribution is 5.87. The maximum absolute atomic E-state index is 12.8. The normalized spacial score (nSPS) is 13.1. The molecular formula is C50H84N2O7. The van der Waals surface area contributed by atoms with E-state index in [0.717, 1.165) is 103 Å². The molecule has 0 bridgehead atoms. The summed E-state index contributed by atoms with van der Waals surface area (Å²) in [6, 6.07) is -1.38. The maximum atomic E-state index is 12.8. The van der Waals surface area contributed by atoms with Crippen LogP contribution >= 0.6 is 0 Å². The Kier molecular flexibility index (Phi) is 41.1. The van der Waals surface area contributed by atoms with Crippen LogP contribution in [0.2, 0.25) is 0 Å². The molecule has 2 amide bonds. The monoisotopic (exact) mass is 825 g/mol. The summed E-state index contributed by atoms with van der Waals surface area (Å²) in [6.07, 6.45) is 55.2. The van der Waals surface area contributed by atoms with Crippen molar-refractivity contribution < 1.29 is 34.1 Å². The molecule has 0 saturated carbocycles. The first-order valence-corrected chi connectivity index (χ1v) is 23.3. The summed E-state index contributed by atoms with van der Waals surface area (Å²) in [7, 11) is 0. The molecule has 2 atom stereocenters. The summed E-state index contributed by atoms with van der Waals surface area (Å²) in [4.78, 5) is 47.5. The molecular weight excluding hydrogens is 741 g/mol. The molecule has 336 valence electrons. The fourth-order valence-corrected chi connectivity index (χ4v) is 6.36. The van der Waals surface area contributed by atoms with E-state index < -0.39 is 24.5 Å². The van der Waals surface area contributed by atoms with Gasteiger partial charge in [-0.25, -0.2) is 4.79 Å². The van der Waals surface area contributed by atoms with E-state index in [0.29, 0.717) is 19.3 Å². The highest BCUT2D eigenvalue weighted by Gasteiger charge is 2.18. The molecule has 0 aliphatic rings. The predicted octanol–water partition coefficient (Wildman–Crippen LogP) is 11.9. The number of allylic oxidation sites excluding steroid dienone is 11. The molecule has 0 saturated heterocycles. The van der Waals surface area contributed by atoms with Crippen LogP contribution in [0.25, 0.3) is 0 Å². The second-order valence-electron chi connectivity index (χ2n) is 15.5. The fourth-order valence-electron chi connectivity index (χ4n) is 6.36. The topological polar surface area (TPSA) is 142 Å². The number of nitrogens with one attached hydrogen (secondary N) is 2. The van der Waals surface area contributed by atoms with Gasteiger partial charge in [-0.3, -0.25) is 14.4 Å². The van der Waals surface area contributed by atoms with Crippen LogP contribution in [0.15, 0.2) is 72.9 Å². The summed E-state index contributed by atoms with van der Waals surface area (Å²) in [5.74, 6) is -2.35. The molecule has 0 spiro atoms. The molecule has 0 fully saturated rings. The number of esters is 1. The zero-order valence-electron chi connectivity index (χ0n) is 37.2. The lowest BCUT2D eigenvalue weighted by Crippen LogP contribution is -2.47.